The van der Waals surface area contributed by atoms with Crippen LogP contribution in [0.5, 0.6) is 0 Å². The third-order valence-corrected chi connectivity index (χ3v) is 7.79. The first kappa shape index (κ1) is 27.2. The molecule has 2 aliphatic heterocycles. The van der Waals surface area contributed by atoms with Gasteiger partial charge in [0, 0.05) is 44.2 Å². The number of halogens is 2. The van der Waals surface area contributed by atoms with Crippen molar-refractivity contribution in [3.63, 3.8) is 0 Å². The molecule has 3 heterocycles. The highest BCUT2D eigenvalue weighted by Gasteiger charge is 2.25. The molecule has 2 aliphatic rings. The minimum absolute atomic E-state index is 0.153. The lowest BCUT2D eigenvalue weighted by molar-refractivity contribution is 0.0343. The number of carbonyl (C=O) groups is 1. The number of nitrogens with zero attached hydrogens (tertiary/aromatic N) is 4. The van der Waals surface area contributed by atoms with Gasteiger partial charge in [-0.2, -0.15) is 9.89 Å². The van der Waals surface area contributed by atoms with Gasteiger partial charge in [0.1, 0.15) is 17.9 Å². The third-order valence-electron chi connectivity index (χ3n) is 7.79. The summed E-state index contributed by atoms with van der Waals surface area (Å²) < 4.78 is 33.3. The fraction of sp³-hybridized carbons (Fsp3) is 0.355. The SMILES string of the molecule is CN1CCN(c2cccc(C(=O)Nn3ncc4cc(Cc5cc(F)cc(F)c5)ccc43)c2NC2CCCCO2)CC1. The molecule has 41 heavy (non-hydrogen) atoms. The molecular weight excluding hydrogens is 526 g/mol. The van der Waals surface area contributed by atoms with Crippen LogP contribution in [-0.4, -0.2) is 66.8 Å². The van der Waals surface area contributed by atoms with Crippen LogP contribution in [0.15, 0.2) is 60.8 Å². The molecule has 0 aliphatic carbocycles. The second-order valence-corrected chi connectivity index (χ2v) is 10.8. The first-order valence-corrected chi connectivity index (χ1v) is 14.1. The number of hydrogen-bond acceptors (Lipinski definition) is 6. The van der Waals surface area contributed by atoms with Gasteiger partial charge >= 0.3 is 0 Å². The fourth-order valence-electron chi connectivity index (χ4n) is 5.59. The standard InChI is InChI=1S/C31H34F2N6O2/c1-37-10-12-38(13-11-37)28-6-4-5-26(30(28)35-29-7-2-3-14-41-29)31(40)36-39-27-9-8-21(16-23(27)20-34-39)15-22-17-24(32)19-25(33)18-22/h4-6,8-9,16-20,29,35H,2-3,7,10-15H2,1H3,(H,36,40). The second-order valence-electron chi connectivity index (χ2n) is 10.8. The fourth-order valence-corrected chi connectivity index (χ4v) is 5.59. The predicted molar refractivity (Wildman–Crippen MR) is 156 cm³/mol. The number of benzene rings is 3. The van der Waals surface area contributed by atoms with E-state index in [1.165, 1.54) is 16.9 Å². The molecule has 4 aromatic rings. The lowest BCUT2D eigenvalue weighted by Gasteiger charge is -2.36. The lowest BCUT2D eigenvalue weighted by atomic mass is 10.0. The Morgan fingerprint density at radius 1 is 1.00 bits per heavy atom. The van der Waals surface area contributed by atoms with Crippen LogP contribution in [0.3, 0.4) is 0 Å². The normalized spacial score (nSPS) is 18.0. The van der Waals surface area contributed by atoms with Crippen molar-refractivity contribution >= 4 is 28.2 Å². The van der Waals surface area contributed by atoms with E-state index in [1.54, 1.807) is 6.20 Å². The Morgan fingerprint density at radius 3 is 2.56 bits per heavy atom. The Hall–Kier alpha value is -4.02. The van der Waals surface area contributed by atoms with Gasteiger partial charge in [0.25, 0.3) is 5.91 Å². The van der Waals surface area contributed by atoms with E-state index >= 15 is 0 Å². The van der Waals surface area contributed by atoms with E-state index in [1.807, 2.05) is 30.3 Å². The molecule has 2 saturated heterocycles. The average molecular weight is 561 g/mol. The molecule has 1 amide bonds. The van der Waals surface area contributed by atoms with Crippen molar-refractivity contribution in [1.29, 1.82) is 0 Å². The monoisotopic (exact) mass is 560 g/mol. The van der Waals surface area contributed by atoms with Crippen LogP contribution >= 0.6 is 0 Å². The Bertz CT molecular complexity index is 1520. The summed E-state index contributed by atoms with van der Waals surface area (Å²) in [6, 6.07) is 15.0. The van der Waals surface area contributed by atoms with E-state index < -0.39 is 11.6 Å². The lowest BCUT2D eigenvalue weighted by Crippen LogP contribution is -2.45. The van der Waals surface area contributed by atoms with Crippen molar-refractivity contribution in [1.82, 2.24) is 14.8 Å². The number of amides is 1. The van der Waals surface area contributed by atoms with Gasteiger partial charge < -0.3 is 19.9 Å². The molecule has 6 rings (SSSR count). The Kier molecular flexibility index (Phi) is 7.84. The van der Waals surface area contributed by atoms with Crippen molar-refractivity contribution in [3.05, 3.63) is 89.1 Å². The van der Waals surface area contributed by atoms with Crippen molar-refractivity contribution in [2.75, 3.05) is 55.5 Å². The van der Waals surface area contributed by atoms with Gasteiger partial charge in [-0.15, -0.1) is 0 Å². The Labute approximate surface area is 237 Å². The molecule has 0 radical (unpaired) electrons. The Morgan fingerprint density at radius 2 is 1.80 bits per heavy atom. The van der Waals surface area contributed by atoms with Crippen LogP contribution < -0.4 is 15.6 Å². The smallest absolute Gasteiger partial charge is 0.273 e. The number of carbonyl (C=O) groups excluding carboxylic acids is 1. The number of likely N-dealkylation sites (N-methyl/N-ethyl adjacent to an activating group) is 1. The van der Waals surface area contributed by atoms with E-state index in [2.05, 4.69) is 38.8 Å². The summed E-state index contributed by atoms with van der Waals surface area (Å²) in [5, 5.41) is 8.75. The van der Waals surface area contributed by atoms with Gasteiger partial charge in [-0.3, -0.25) is 4.79 Å². The number of piperazine rings is 1. The zero-order chi connectivity index (χ0) is 28.3. The molecule has 1 aromatic heterocycles. The molecular formula is C31H34F2N6O2. The van der Waals surface area contributed by atoms with Crippen molar-refractivity contribution < 1.29 is 18.3 Å². The van der Waals surface area contributed by atoms with Crippen LogP contribution in [0.1, 0.15) is 40.7 Å². The van der Waals surface area contributed by atoms with Crippen molar-refractivity contribution in [2.24, 2.45) is 0 Å². The van der Waals surface area contributed by atoms with Crippen LogP contribution in [0.2, 0.25) is 0 Å². The van der Waals surface area contributed by atoms with Gasteiger partial charge in [-0.25, -0.2) is 14.2 Å². The molecule has 0 bridgehead atoms. The number of rotatable bonds is 7. The largest absolute Gasteiger partial charge is 0.367 e. The number of ether oxygens (including phenoxy) is 1. The molecule has 2 N–H and O–H groups in total. The maximum absolute atomic E-state index is 13.7. The van der Waals surface area contributed by atoms with Gasteiger partial charge in [-0.05, 0) is 80.3 Å². The minimum atomic E-state index is -0.600. The highest BCUT2D eigenvalue weighted by Crippen LogP contribution is 2.33. The number of anilines is 2. The highest BCUT2D eigenvalue weighted by atomic mass is 19.1. The van der Waals surface area contributed by atoms with Gasteiger partial charge in [0.2, 0.25) is 0 Å². The molecule has 0 saturated carbocycles. The van der Waals surface area contributed by atoms with Crippen LogP contribution in [0, 0.1) is 11.6 Å². The summed E-state index contributed by atoms with van der Waals surface area (Å²) in [5.74, 6) is -1.49. The van der Waals surface area contributed by atoms with Crippen LogP contribution in [-0.2, 0) is 11.2 Å². The summed E-state index contributed by atoms with van der Waals surface area (Å²) in [6.45, 7) is 4.34. The molecule has 0 spiro atoms. The first-order chi connectivity index (χ1) is 19.9. The van der Waals surface area contributed by atoms with Gasteiger partial charge in [-0.1, -0.05) is 12.1 Å². The second kappa shape index (κ2) is 11.8. The quantitative estimate of drug-likeness (QED) is 0.332. The summed E-state index contributed by atoms with van der Waals surface area (Å²) >= 11 is 0. The maximum atomic E-state index is 13.7. The van der Waals surface area contributed by atoms with Crippen LogP contribution in [0.4, 0.5) is 20.2 Å². The summed E-state index contributed by atoms with van der Waals surface area (Å²) in [4.78, 5) is 19.8. The first-order valence-electron chi connectivity index (χ1n) is 14.1. The molecule has 1 atom stereocenters. The van der Waals surface area contributed by atoms with E-state index in [-0.39, 0.29) is 12.1 Å². The van der Waals surface area contributed by atoms with E-state index in [0.717, 1.165) is 73.8 Å². The minimum Gasteiger partial charge on any atom is -0.367 e. The van der Waals surface area contributed by atoms with E-state index in [4.69, 9.17) is 4.74 Å². The van der Waals surface area contributed by atoms with Crippen LogP contribution in [0.25, 0.3) is 10.9 Å². The molecule has 8 nitrogen and oxygen atoms in total. The molecule has 2 fully saturated rings. The average Bonchev–Trinajstić information content (AvgIpc) is 3.35. The van der Waals surface area contributed by atoms with Gasteiger partial charge in [0.05, 0.1) is 28.7 Å². The van der Waals surface area contributed by atoms with Crippen molar-refractivity contribution in [2.45, 2.75) is 31.9 Å². The maximum Gasteiger partial charge on any atom is 0.273 e. The topological polar surface area (TPSA) is 74.7 Å². The highest BCUT2D eigenvalue weighted by molar-refractivity contribution is 6.07. The molecule has 3 aromatic carbocycles. The molecule has 214 valence electrons. The number of hydrogen-bond donors (Lipinski definition) is 2. The third kappa shape index (κ3) is 6.18. The van der Waals surface area contributed by atoms with Gasteiger partial charge in [0.15, 0.2) is 0 Å². The Balaban J connectivity index is 1.25. The molecule has 10 heteroatoms. The number of fused-ring (bicyclic) bond motifs is 1. The zero-order valence-corrected chi connectivity index (χ0v) is 23.1. The van der Waals surface area contributed by atoms with E-state index in [9.17, 15) is 13.6 Å². The summed E-state index contributed by atoms with van der Waals surface area (Å²) in [5.41, 5.74) is 7.36. The number of aromatic nitrogens is 2. The zero-order valence-electron chi connectivity index (χ0n) is 23.1. The predicted octanol–water partition coefficient (Wildman–Crippen LogP) is 4.98. The number of para-hydroxylation sites is 1. The summed E-state index contributed by atoms with van der Waals surface area (Å²) in [7, 11) is 2.12. The summed E-state index contributed by atoms with van der Waals surface area (Å²) in [6.07, 6.45) is 4.89. The molecule has 1 unspecified atom stereocenters. The number of nitrogens with one attached hydrogen (secondary N) is 2. The van der Waals surface area contributed by atoms with E-state index in [0.29, 0.717) is 29.7 Å². The van der Waals surface area contributed by atoms with Crippen molar-refractivity contribution in [3.8, 4) is 0 Å².